The Morgan fingerprint density at radius 3 is 2.75 bits per heavy atom. The van der Waals surface area contributed by atoms with Crippen molar-refractivity contribution in [3.8, 4) is 5.75 Å². The second-order valence-electron chi connectivity index (χ2n) is 4.15. The van der Waals surface area contributed by atoms with E-state index >= 15 is 0 Å². The minimum atomic E-state index is 0.0353. The zero-order chi connectivity index (χ0) is 14.5. The number of hydrogen-bond donors (Lipinski definition) is 2. The van der Waals surface area contributed by atoms with Crippen LogP contribution < -0.4 is 15.4 Å². The molecule has 104 valence electrons. The van der Waals surface area contributed by atoms with Crippen LogP contribution in [0.1, 0.15) is 5.56 Å². The third-order valence-electron chi connectivity index (χ3n) is 2.94. The number of pyridine rings is 1. The number of rotatable bonds is 4. The Bertz CT molecular complexity index is 611. The Morgan fingerprint density at radius 1 is 1.35 bits per heavy atom. The molecule has 2 rings (SSSR count). The van der Waals surface area contributed by atoms with Gasteiger partial charge in [-0.1, -0.05) is 11.2 Å². The predicted octanol–water partition coefficient (Wildman–Crippen LogP) is 1.95. The number of amidine groups is 1. The minimum Gasteiger partial charge on any atom is -0.497 e. The SMILES string of the molecule is COc1cccc(N(C)c2ccc(C(N)=NO)cn2)c1. The first-order chi connectivity index (χ1) is 9.65. The Labute approximate surface area is 117 Å². The van der Waals surface area contributed by atoms with Crippen LogP contribution in [0.15, 0.2) is 47.8 Å². The molecule has 1 aromatic heterocycles. The topological polar surface area (TPSA) is 84.0 Å². The van der Waals surface area contributed by atoms with Gasteiger partial charge in [0.25, 0.3) is 0 Å². The molecule has 0 fully saturated rings. The molecule has 0 aliphatic rings. The Hall–Kier alpha value is -2.76. The second-order valence-corrected chi connectivity index (χ2v) is 4.15. The highest BCUT2D eigenvalue weighted by Crippen LogP contribution is 2.25. The zero-order valence-corrected chi connectivity index (χ0v) is 11.3. The molecule has 3 N–H and O–H groups in total. The van der Waals surface area contributed by atoms with Gasteiger partial charge in [-0.25, -0.2) is 4.98 Å². The maximum atomic E-state index is 8.61. The van der Waals surface area contributed by atoms with E-state index in [0.29, 0.717) is 5.56 Å². The van der Waals surface area contributed by atoms with Crippen LogP contribution in [0.2, 0.25) is 0 Å². The van der Waals surface area contributed by atoms with Crippen molar-refractivity contribution in [2.75, 3.05) is 19.1 Å². The van der Waals surface area contributed by atoms with Crippen molar-refractivity contribution in [2.45, 2.75) is 0 Å². The second kappa shape index (κ2) is 5.92. The largest absolute Gasteiger partial charge is 0.497 e. The zero-order valence-electron chi connectivity index (χ0n) is 11.3. The molecule has 1 aromatic carbocycles. The van der Waals surface area contributed by atoms with Crippen LogP contribution in [0.3, 0.4) is 0 Å². The maximum absolute atomic E-state index is 8.61. The summed E-state index contributed by atoms with van der Waals surface area (Å²) < 4.78 is 5.20. The van der Waals surface area contributed by atoms with E-state index in [1.807, 2.05) is 36.2 Å². The summed E-state index contributed by atoms with van der Waals surface area (Å²) in [6.07, 6.45) is 1.56. The van der Waals surface area contributed by atoms with Gasteiger partial charge in [0, 0.05) is 30.6 Å². The Balaban J connectivity index is 2.26. The predicted molar refractivity (Wildman–Crippen MR) is 77.8 cm³/mol. The van der Waals surface area contributed by atoms with Crippen LogP contribution in [-0.4, -0.2) is 30.2 Å². The van der Waals surface area contributed by atoms with Gasteiger partial charge in [0.1, 0.15) is 11.6 Å². The summed E-state index contributed by atoms with van der Waals surface area (Å²) in [5, 5.41) is 11.6. The molecule has 0 saturated carbocycles. The van der Waals surface area contributed by atoms with E-state index in [1.165, 1.54) is 0 Å². The highest BCUT2D eigenvalue weighted by Gasteiger charge is 2.07. The molecule has 0 spiro atoms. The Kier molecular flexibility index (Phi) is 4.05. The van der Waals surface area contributed by atoms with Gasteiger partial charge in [-0.3, -0.25) is 0 Å². The minimum absolute atomic E-state index is 0.0353. The molecular formula is C14H16N4O2. The molecule has 6 heteroatoms. The summed E-state index contributed by atoms with van der Waals surface area (Å²) in [4.78, 5) is 6.21. The average Bonchev–Trinajstić information content (AvgIpc) is 2.53. The normalized spacial score (nSPS) is 11.2. The molecular weight excluding hydrogens is 256 g/mol. The molecule has 0 aliphatic heterocycles. The van der Waals surface area contributed by atoms with Crippen LogP contribution >= 0.6 is 0 Å². The number of ether oxygens (including phenoxy) is 1. The number of hydrogen-bond acceptors (Lipinski definition) is 5. The van der Waals surface area contributed by atoms with Crippen LogP contribution in [-0.2, 0) is 0 Å². The first-order valence-electron chi connectivity index (χ1n) is 5.97. The summed E-state index contributed by atoms with van der Waals surface area (Å²) in [5.41, 5.74) is 7.02. The van der Waals surface area contributed by atoms with Gasteiger partial charge in [0.15, 0.2) is 5.84 Å². The number of aromatic nitrogens is 1. The lowest BCUT2D eigenvalue weighted by Gasteiger charge is -2.19. The van der Waals surface area contributed by atoms with Gasteiger partial charge in [-0.05, 0) is 24.3 Å². The van der Waals surface area contributed by atoms with E-state index in [2.05, 4.69) is 10.1 Å². The van der Waals surface area contributed by atoms with Crippen molar-refractivity contribution in [3.63, 3.8) is 0 Å². The van der Waals surface area contributed by atoms with E-state index < -0.39 is 0 Å². The maximum Gasteiger partial charge on any atom is 0.171 e. The number of anilines is 2. The summed E-state index contributed by atoms with van der Waals surface area (Å²) in [7, 11) is 3.53. The van der Waals surface area contributed by atoms with Crippen molar-refractivity contribution in [1.29, 1.82) is 0 Å². The molecule has 0 bridgehead atoms. The van der Waals surface area contributed by atoms with Gasteiger partial charge in [-0.15, -0.1) is 0 Å². The first kappa shape index (κ1) is 13.7. The van der Waals surface area contributed by atoms with Crippen molar-refractivity contribution < 1.29 is 9.94 Å². The molecule has 20 heavy (non-hydrogen) atoms. The highest BCUT2D eigenvalue weighted by molar-refractivity contribution is 5.96. The number of oxime groups is 1. The van der Waals surface area contributed by atoms with Crippen molar-refractivity contribution in [2.24, 2.45) is 10.9 Å². The number of methoxy groups -OCH3 is 1. The van der Waals surface area contributed by atoms with Gasteiger partial charge in [-0.2, -0.15) is 0 Å². The van der Waals surface area contributed by atoms with E-state index in [9.17, 15) is 0 Å². The summed E-state index contributed by atoms with van der Waals surface area (Å²) in [6.45, 7) is 0. The lowest BCUT2D eigenvalue weighted by molar-refractivity contribution is 0.318. The van der Waals surface area contributed by atoms with E-state index in [1.54, 1.807) is 25.4 Å². The van der Waals surface area contributed by atoms with Gasteiger partial charge in [0.05, 0.1) is 7.11 Å². The van der Waals surface area contributed by atoms with E-state index in [4.69, 9.17) is 15.7 Å². The van der Waals surface area contributed by atoms with Gasteiger partial charge < -0.3 is 20.6 Å². The molecule has 2 aromatic rings. The first-order valence-corrected chi connectivity index (χ1v) is 5.97. The van der Waals surface area contributed by atoms with E-state index in [-0.39, 0.29) is 5.84 Å². The fourth-order valence-electron chi connectivity index (χ4n) is 1.75. The summed E-state index contributed by atoms with van der Waals surface area (Å²) in [6, 6.07) is 11.2. The molecule has 1 heterocycles. The van der Waals surface area contributed by atoms with Gasteiger partial charge in [0.2, 0.25) is 0 Å². The highest BCUT2D eigenvalue weighted by atomic mass is 16.5. The molecule has 0 atom stereocenters. The number of benzene rings is 1. The van der Waals surface area contributed by atoms with Crippen molar-refractivity contribution in [3.05, 3.63) is 48.2 Å². The standard InChI is InChI=1S/C14H16N4O2/c1-18(11-4-3-5-12(8-11)20-2)13-7-6-10(9-16-13)14(15)17-19/h3-9,19H,1-2H3,(H2,15,17). The molecule has 6 nitrogen and oxygen atoms in total. The quantitative estimate of drug-likeness (QED) is 0.384. The monoisotopic (exact) mass is 272 g/mol. The molecule has 0 amide bonds. The van der Waals surface area contributed by atoms with Crippen LogP contribution in [0.25, 0.3) is 0 Å². The number of nitrogens with zero attached hydrogens (tertiary/aromatic N) is 3. The van der Waals surface area contributed by atoms with Crippen LogP contribution in [0.5, 0.6) is 5.75 Å². The van der Waals surface area contributed by atoms with E-state index in [0.717, 1.165) is 17.3 Å². The molecule has 0 saturated heterocycles. The fraction of sp³-hybridized carbons (Fsp3) is 0.143. The molecule has 0 aliphatic carbocycles. The summed E-state index contributed by atoms with van der Waals surface area (Å²) in [5.74, 6) is 1.56. The smallest absolute Gasteiger partial charge is 0.171 e. The van der Waals surface area contributed by atoms with Crippen molar-refractivity contribution in [1.82, 2.24) is 4.98 Å². The van der Waals surface area contributed by atoms with Crippen molar-refractivity contribution >= 4 is 17.3 Å². The summed E-state index contributed by atoms with van der Waals surface area (Å²) >= 11 is 0. The lowest BCUT2D eigenvalue weighted by Crippen LogP contribution is -2.15. The van der Waals surface area contributed by atoms with Crippen LogP contribution in [0.4, 0.5) is 11.5 Å². The number of nitrogens with two attached hydrogens (primary N) is 1. The third kappa shape index (κ3) is 2.80. The fourth-order valence-corrected chi connectivity index (χ4v) is 1.75. The average molecular weight is 272 g/mol. The van der Waals surface area contributed by atoms with Gasteiger partial charge >= 0.3 is 0 Å². The molecule has 0 radical (unpaired) electrons. The molecule has 0 unspecified atom stereocenters. The van der Waals surface area contributed by atoms with Crippen LogP contribution in [0, 0.1) is 0 Å². The Morgan fingerprint density at radius 2 is 2.15 bits per heavy atom. The third-order valence-corrected chi connectivity index (χ3v) is 2.94. The lowest BCUT2D eigenvalue weighted by atomic mass is 10.2.